The number of rotatable bonds is 5. The summed E-state index contributed by atoms with van der Waals surface area (Å²) in [4.78, 5) is 29.9. The molecule has 6 heteroatoms. The molecule has 28 heavy (non-hydrogen) atoms. The van der Waals surface area contributed by atoms with Gasteiger partial charge in [0, 0.05) is 29.1 Å². The molecule has 1 N–H and O–H groups in total. The van der Waals surface area contributed by atoms with E-state index in [-0.39, 0.29) is 5.91 Å². The number of nitrogens with zero attached hydrogens (tertiary/aromatic N) is 1. The Morgan fingerprint density at radius 2 is 2.14 bits per heavy atom. The molecule has 6 nitrogen and oxygen atoms in total. The second-order valence-corrected chi connectivity index (χ2v) is 7.68. The van der Waals surface area contributed by atoms with E-state index in [9.17, 15) is 9.59 Å². The summed E-state index contributed by atoms with van der Waals surface area (Å²) < 4.78 is 10.6. The van der Waals surface area contributed by atoms with Gasteiger partial charge in [-0.15, -0.1) is 0 Å². The van der Waals surface area contributed by atoms with Gasteiger partial charge in [-0.1, -0.05) is 12.1 Å². The number of hydrogen-bond donors (Lipinski definition) is 1. The molecule has 0 spiro atoms. The van der Waals surface area contributed by atoms with Gasteiger partial charge in [0.05, 0.1) is 6.61 Å². The first-order valence-electron chi connectivity index (χ1n) is 9.78. The smallest absolute Gasteiger partial charge is 0.354 e. The van der Waals surface area contributed by atoms with Crippen molar-refractivity contribution in [1.29, 1.82) is 0 Å². The summed E-state index contributed by atoms with van der Waals surface area (Å²) in [6.07, 6.45) is 4.09. The molecule has 1 atom stereocenters. The third kappa shape index (κ3) is 2.63. The Labute approximate surface area is 162 Å². The normalized spacial score (nSPS) is 17.2. The van der Waals surface area contributed by atoms with Crippen molar-refractivity contribution in [2.24, 2.45) is 5.92 Å². The summed E-state index contributed by atoms with van der Waals surface area (Å²) in [5.74, 6) is 0.346. The molecule has 3 heterocycles. The molecule has 1 saturated carbocycles. The molecule has 1 aliphatic heterocycles. The van der Waals surface area contributed by atoms with E-state index >= 15 is 0 Å². The quantitative estimate of drug-likeness (QED) is 0.670. The van der Waals surface area contributed by atoms with Crippen LogP contribution in [0.4, 0.5) is 0 Å². The lowest BCUT2D eigenvalue weighted by atomic mass is 10.0. The van der Waals surface area contributed by atoms with E-state index < -0.39 is 5.97 Å². The minimum Gasteiger partial charge on any atom is -0.461 e. The number of carbonyl (C=O) groups excluding carboxylic acids is 2. The third-order valence-corrected chi connectivity index (χ3v) is 5.91. The number of furan rings is 1. The van der Waals surface area contributed by atoms with Crippen molar-refractivity contribution in [1.82, 2.24) is 9.88 Å². The predicted octanol–water partition coefficient (Wildman–Crippen LogP) is 4.36. The van der Waals surface area contributed by atoms with Gasteiger partial charge < -0.3 is 19.0 Å². The summed E-state index contributed by atoms with van der Waals surface area (Å²) in [6, 6.07) is 8.01. The lowest BCUT2D eigenvalue weighted by molar-refractivity contribution is 0.0520. The van der Waals surface area contributed by atoms with E-state index in [4.69, 9.17) is 9.15 Å². The number of fused-ring (bicyclic) bond motifs is 2. The van der Waals surface area contributed by atoms with Crippen molar-refractivity contribution < 1.29 is 18.7 Å². The maximum Gasteiger partial charge on any atom is 0.354 e. The second kappa shape index (κ2) is 6.26. The van der Waals surface area contributed by atoms with E-state index in [1.807, 2.05) is 23.1 Å². The summed E-state index contributed by atoms with van der Waals surface area (Å²) in [6.45, 7) is 4.92. The van der Waals surface area contributed by atoms with Crippen LogP contribution >= 0.6 is 0 Å². The number of hydrogen-bond acceptors (Lipinski definition) is 4. The van der Waals surface area contributed by atoms with Crippen LogP contribution < -0.4 is 0 Å². The molecule has 1 aromatic carbocycles. The average Bonchev–Trinajstić information content (AvgIpc) is 3.21. The number of H-pyrrole nitrogens is 1. The molecule has 144 valence electrons. The zero-order valence-corrected chi connectivity index (χ0v) is 16.0. The highest BCUT2D eigenvalue weighted by Gasteiger charge is 2.38. The van der Waals surface area contributed by atoms with Gasteiger partial charge in [-0.2, -0.15) is 0 Å². The molecular weight excluding hydrogens is 356 g/mol. The number of carbonyl (C=O) groups is 2. The summed E-state index contributed by atoms with van der Waals surface area (Å²) in [5, 5.41) is 0.802. The fraction of sp³-hybridized carbons (Fsp3) is 0.364. The van der Waals surface area contributed by atoms with Crippen molar-refractivity contribution in [2.45, 2.75) is 39.3 Å². The van der Waals surface area contributed by atoms with Crippen LogP contribution in [-0.2, 0) is 11.3 Å². The second-order valence-electron chi connectivity index (χ2n) is 7.68. The maximum atomic E-state index is 13.0. The summed E-state index contributed by atoms with van der Waals surface area (Å²) >= 11 is 0. The van der Waals surface area contributed by atoms with Gasteiger partial charge in [-0.3, -0.25) is 4.79 Å². The molecule has 2 aromatic heterocycles. The monoisotopic (exact) mass is 378 g/mol. The van der Waals surface area contributed by atoms with E-state index in [1.165, 1.54) is 12.8 Å². The Morgan fingerprint density at radius 3 is 2.89 bits per heavy atom. The van der Waals surface area contributed by atoms with Gasteiger partial charge in [0.15, 0.2) is 0 Å². The highest BCUT2D eigenvalue weighted by Crippen LogP contribution is 2.39. The van der Waals surface area contributed by atoms with Crippen molar-refractivity contribution >= 4 is 23.0 Å². The highest BCUT2D eigenvalue weighted by molar-refractivity contribution is 6.03. The highest BCUT2D eigenvalue weighted by atomic mass is 16.5. The van der Waals surface area contributed by atoms with Crippen LogP contribution in [0.5, 0.6) is 0 Å². The van der Waals surface area contributed by atoms with Crippen LogP contribution in [0.2, 0.25) is 0 Å². The lowest BCUT2D eigenvalue weighted by Crippen LogP contribution is -2.34. The molecule has 0 bridgehead atoms. The number of benzene rings is 1. The Morgan fingerprint density at radius 1 is 1.32 bits per heavy atom. The zero-order chi connectivity index (χ0) is 19.4. The van der Waals surface area contributed by atoms with Crippen LogP contribution in [0.3, 0.4) is 0 Å². The van der Waals surface area contributed by atoms with E-state index in [0.717, 1.165) is 27.6 Å². The SMILES string of the molecule is CCOC(=O)c1cc2c(-c3ccc4c(c3)C(=O)N([C@@H](C)C3CC3)C4)coc2[nH]1. The minimum absolute atomic E-state index is 0.109. The molecule has 2 aliphatic rings. The Hall–Kier alpha value is -3.02. The van der Waals surface area contributed by atoms with Crippen molar-refractivity contribution in [3.63, 3.8) is 0 Å². The van der Waals surface area contributed by atoms with E-state index in [0.29, 0.717) is 36.5 Å². The zero-order valence-electron chi connectivity index (χ0n) is 16.0. The van der Waals surface area contributed by atoms with Gasteiger partial charge in [-0.25, -0.2) is 4.79 Å². The van der Waals surface area contributed by atoms with Gasteiger partial charge in [-0.05, 0) is 55.9 Å². The Kier molecular flexibility index (Phi) is 3.82. The fourth-order valence-corrected chi connectivity index (χ4v) is 4.11. The van der Waals surface area contributed by atoms with Crippen LogP contribution in [-0.4, -0.2) is 34.4 Å². The average molecular weight is 378 g/mol. The van der Waals surface area contributed by atoms with Gasteiger partial charge in [0.25, 0.3) is 5.91 Å². The van der Waals surface area contributed by atoms with Crippen molar-refractivity contribution in [2.75, 3.05) is 6.61 Å². The number of esters is 1. The van der Waals surface area contributed by atoms with Gasteiger partial charge in [0.1, 0.15) is 12.0 Å². The van der Waals surface area contributed by atoms with Gasteiger partial charge in [0.2, 0.25) is 5.71 Å². The van der Waals surface area contributed by atoms with Crippen molar-refractivity contribution in [3.05, 3.63) is 47.3 Å². The van der Waals surface area contributed by atoms with Gasteiger partial charge >= 0.3 is 5.97 Å². The molecule has 1 aliphatic carbocycles. The van der Waals surface area contributed by atoms with Crippen LogP contribution in [0.1, 0.15) is 53.1 Å². The first-order chi connectivity index (χ1) is 13.6. The van der Waals surface area contributed by atoms with Crippen LogP contribution in [0.15, 0.2) is 34.9 Å². The molecule has 1 fully saturated rings. The maximum absolute atomic E-state index is 13.0. The topological polar surface area (TPSA) is 75.5 Å². The Bertz CT molecular complexity index is 1090. The molecule has 0 saturated heterocycles. The molecule has 1 amide bonds. The molecule has 5 rings (SSSR count). The first-order valence-corrected chi connectivity index (χ1v) is 9.78. The first kappa shape index (κ1) is 17.1. The third-order valence-electron chi connectivity index (χ3n) is 5.91. The fourth-order valence-electron chi connectivity index (χ4n) is 4.11. The van der Waals surface area contributed by atoms with Crippen molar-refractivity contribution in [3.8, 4) is 11.1 Å². The number of ether oxygens (including phenoxy) is 1. The van der Waals surface area contributed by atoms with Crippen LogP contribution in [0, 0.1) is 5.92 Å². The lowest BCUT2D eigenvalue weighted by Gasteiger charge is -2.23. The molecular formula is C22H22N2O4. The number of aromatic amines is 1. The largest absolute Gasteiger partial charge is 0.461 e. The number of nitrogens with one attached hydrogen (secondary N) is 1. The number of aromatic nitrogens is 1. The van der Waals surface area contributed by atoms with E-state index in [2.05, 4.69) is 11.9 Å². The summed E-state index contributed by atoms with van der Waals surface area (Å²) in [5.41, 5.74) is 4.48. The minimum atomic E-state index is -0.409. The predicted molar refractivity (Wildman–Crippen MR) is 104 cm³/mol. The van der Waals surface area contributed by atoms with Crippen LogP contribution in [0.25, 0.3) is 22.2 Å². The number of amides is 1. The molecule has 3 aromatic rings. The molecule has 0 unspecified atom stereocenters. The Balaban J connectivity index is 1.49. The standard InChI is InChI=1S/C22H22N2O4/c1-3-27-22(26)19-9-17-18(11-28-20(17)23-19)14-6-7-15-10-24(12(2)13-4-5-13)21(25)16(15)8-14/h6-9,11-13,23H,3-5,10H2,1-2H3/t12-/m0/s1. The molecule has 0 radical (unpaired) electrons. The van der Waals surface area contributed by atoms with E-state index in [1.54, 1.807) is 19.3 Å². The summed E-state index contributed by atoms with van der Waals surface area (Å²) in [7, 11) is 0.